The van der Waals surface area contributed by atoms with E-state index in [9.17, 15) is 0 Å². The van der Waals surface area contributed by atoms with Crippen molar-refractivity contribution in [3.8, 4) is 0 Å². The van der Waals surface area contributed by atoms with Gasteiger partial charge in [-0.3, -0.25) is 0 Å². The van der Waals surface area contributed by atoms with E-state index in [-0.39, 0.29) is 6.10 Å². The van der Waals surface area contributed by atoms with E-state index >= 15 is 0 Å². The average Bonchev–Trinajstić information content (AvgIpc) is 2.27. The lowest BCUT2D eigenvalue weighted by molar-refractivity contribution is 0.0466. The Morgan fingerprint density at radius 1 is 1.07 bits per heavy atom. The molecule has 0 fully saturated rings. The second-order valence-electron chi connectivity index (χ2n) is 1.92. The van der Waals surface area contributed by atoms with Gasteiger partial charge in [-0.25, -0.2) is 0 Å². The summed E-state index contributed by atoms with van der Waals surface area (Å²) in [6.45, 7) is 23.0. The van der Waals surface area contributed by atoms with Crippen molar-refractivity contribution in [1.29, 1.82) is 0 Å². The molecule has 0 aromatic heterocycles. The summed E-state index contributed by atoms with van der Waals surface area (Å²) >= 11 is 0. The van der Waals surface area contributed by atoms with E-state index < -0.39 is 0 Å². The summed E-state index contributed by atoms with van der Waals surface area (Å²) in [7, 11) is 0. The summed E-state index contributed by atoms with van der Waals surface area (Å²) in [5, 5.41) is 8.65. The van der Waals surface area contributed by atoms with Gasteiger partial charge in [0.05, 0.1) is 12.7 Å². The SMILES string of the molecule is C=C.C=C.C=C.CCCOCC(C)O. The molecule has 0 spiro atoms. The minimum absolute atomic E-state index is 0.318. The van der Waals surface area contributed by atoms with Crippen LogP contribution < -0.4 is 0 Å². The number of aliphatic hydroxyl groups is 1. The third kappa shape index (κ3) is 66.8. The molecule has 1 atom stereocenters. The maximum Gasteiger partial charge on any atom is 0.0745 e. The Morgan fingerprint density at radius 2 is 1.43 bits per heavy atom. The molecule has 14 heavy (non-hydrogen) atoms. The van der Waals surface area contributed by atoms with Crippen molar-refractivity contribution >= 4 is 0 Å². The van der Waals surface area contributed by atoms with Gasteiger partial charge in [-0.1, -0.05) is 6.92 Å². The Bertz CT molecular complexity index is 68.0. The Morgan fingerprint density at radius 3 is 1.64 bits per heavy atom. The maximum atomic E-state index is 8.65. The van der Waals surface area contributed by atoms with Crippen molar-refractivity contribution < 1.29 is 9.84 Å². The van der Waals surface area contributed by atoms with E-state index in [0.717, 1.165) is 13.0 Å². The fraction of sp³-hybridized carbons (Fsp3) is 0.500. The van der Waals surface area contributed by atoms with Crippen molar-refractivity contribution in [3.63, 3.8) is 0 Å². The summed E-state index contributed by atoms with van der Waals surface area (Å²) in [5.41, 5.74) is 0. The lowest BCUT2D eigenvalue weighted by atomic mass is 10.4. The van der Waals surface area contributed by atoms with Crippen molar-refractivity contribution in [2.75, 3.05) is 13.2 Å². The number of hydrogen-bond acceptors (Lipinski definition) is 2. The monoisotopic (exact) mass is 202 g/mol. The molecular weight excluding hydrogens is 176 g/mol. The molecule has 2 nitrogen and oxygen atoms in total. The molecule has 0 bridgehead atoms. The largest absolute Gasteiger partial charge is 0.391 e. The van der Waals surface area contributed by atoms with E-state index in [4.69, 9.17) is 9.84 Å². The third-order valence-electron chi connectivity index (χ3n) is 0.708. The summed E-state index contributed by atoms with van der Waals surface area (Å²) in [6, 6.07) is 0. The van der Waals surface area contributed by atoms with Gasteiger partial charge in [-0.2, -0.15) is 0 Å². The third-order valence-corrected chi connectivity index (χ3v) is 0.708. The van der Waals surface area contributed by atoms with Crippen LogP contribution in [-0.4, -0.2) is 24.4 Å². The standard InChI is InChI=1S/C6H14O2.3C2H4/c1-3-4-8-5-6(2)7;3*1-2/h6-7H,3-5H2,1-2H3;3*1-2H2. The van der Waals surface area contributed by atoms with Crippen LogP contribution in [0.5, 0.6) is 0 Å². The minimum atomic E-state index is -0.318. The number of hydrogen-bond donors (Lipinski definition) is 1. The molecule has 0 rings (SSSR count). The van der Waals surface area contributed by atoms with Crippen LogP contribution in [0.15, 0.2) is 39.5 Å². The Hall–Kier alpha value is -0.860. The molecule has 0 saturated heterocycles. The molecule has 0 amide bonds. The van der Waals surface area contributed by atoms with E-state index in [1.807, 2.05) is 6.92 Å². The van der Waals surface area contributed by atoms with Gasteiger partial charge in [0.1, 0.15) is 0 Å². The van der Waals surface area contributed by atoms with E-state index in [0.29, 0.717) is 6.61 Å². The fourth-order valence-electron chi connectivity index (χ4n) is 0.398. The van der Waals surface area contributed by atoms with Crippen LogP contribution in [0.3, 0.4) is 0 Å². The highest BCUT2D eigenvalue weighted by Gasteiger charge is 1.91. The zero-order valence-corrected chi connectivity index (χ0v) is 9.80. The van der Waals surface area contributed by atoms with Gasteiger partial charge in [0.25, 0.3) is 0 Å². The van der Waals surface area contributed by atoms with Crippen LogP contribution in [0, 0.1) is 0 Å². The highest BCUT2D eigenvalue weighted by Crippen LogP contribution is 1.83. The predicted molar refractivity (Wildman–Crippen MR) is 66.6 cm³/mol. The maximum absolute atomic E-state index is 8.65. The van der Waals surface area contributed by atoms with Gasteiger partial charge in [0, 0.05) is 6.61 Å². The summed E-state index contributed by atoms with van der Waals surface area (Å²) in [4.78, 5) is 0. The van der Waals surface area contributed by atoms with Crippen LogP contribution in [0.2, 0.25) is 0 Å². The lowest BCUT2D eigenvalue weighted by Gasteiger charge is -2.02. The van der Waals surface area contributed by atoms with E-state index in [2.05, 4.69) is 39.5 Å². The Kier molecular flexibility index (Phi) is 66.2. The van der Waals surface area contributed by atoms with Crippen LogP contribution in [0.1, 0.15) is 20.3 Å². The molecule has 0 aliphatic rings. The zero-order valence-electron chi connectivity index (χ0n) is 9.80. The number of aliphatic hydroxyl groups excluding tert-OH is 1. The molecule has 1 unspecified atom stereocenters. The van der Waals surface area contributed by atoms with Crippen LogP contribution in [0.25, 0.3) is 0 Å². The van der Waals surface area contributed by atoms with Crippen molar-refractivity contribution in [2.24, 2.45) is 0 Å². The van der Waals surface area contributed by atoms with Crippen molar-refractivity contribution in [1.82, 2.24) is 0 Å². The first-order valence-electron chi connectivity index (χ1n) is 4.53. The first kappa shape index (κ1) is 23.2. The first-order chi connectivity index (χ1) is 6.77. The van der Waals surface area contributed by atoms with Gasteiger partial charge in [-0.15, -0.1) is 39.5 Å². The second kappa shape index (κ2) is 40.0. The second-order valence-corrected chi connectivity index (χ2v) is 1.92. The molecule has 0 heterocycles. The van der Waals surface area contributed by atoms with Gasteiger partial charge >= 0.3 is 0 Å². The predicted octanol–water partition coefficient (Wildman–Crippen LogP) is 3.20. The molecule has 2 heteroatoms. The van der Waals surface area contributed by atoms with Gasteiger partial charge in [-0.05, 0) is 13.3 Å². The highest BCUT2D eigenvalue weighted by atomic mass is 16.5. The number of rotatable bonds is 4. The van der Waals surface area contributed by atoms with Crippen LogP contribution in [-0.2, 0) is 4.74 Å². The molecule has 0 saturated carbocycles. The van der Waals surface area contributed by atoms with Crippen LogP contribution in [0.4, 0.5) is 0 Å². The normalized spacial score (nSPS) is 8.79. The topological polar surface area (TPSA) is 29.5 Å². The van der Waals surface area contributed by atoms with Crippen molar-refractivity contribution in [2.45, 2.75) is 26.4 Å². The molecule has 0 aromatic rings. The van der Waals surface area contributed by atoms with Gasteiger partial charge in [0.2, 0.25) is 0 Å². The van der Waals surface area contributed by atoms with E-state index in [1.165, 1.54) is 0 Å². The smallest absolute Gasteiger partial charge is 0.0745 e. The van der Waals surface area contributed by atoms with Gasteiger partial charge < -0.3 is 9.84 Å². The Balaban J connectivity index is -0.0000000708. The molecular formula is C12H26O2. The lowest BCUT2D eigenvalue weighted by Crippen LogP contribution is -2.10. The molecule has 0 aliphatic carbocycles. The number of ether oxygens (including phenoxy) is 1. The first-order valence-corrected chi connectivity index (χ1v) is 4.53. The van der Waals surface area contributed by atoms with E-state index in [1.54, 1.807) is 6.92 Å². The highest BCUT2D eigenvalue weighted by molar-refractivity contribution is 4.39. The van der Waals surface area contributed by atoms with Crippen molar-refractivity contribution in [3.05, 3.63) is 39.5 Å². The van der Waals surface area contributed by atoms with Gasteiger partial charge in [0.15, 0.2) is 0 Å². The summed E-state index contributed by atoms with van der Waals surface area (Å²) < 4.78 is 4.99. The molecule has 1 N–H and O–H groups in total. The minimum Gasteiger partial charge on any atom is -0.391 e. The average molecular weight is 202 g/mol. The fourth-order valence-corrected chi connectivity index (χ4v) is 0.398. The quantitative estimate of drug-likeness (QED) is 0.560. The molecule has 86 valence electrons. The molecule has 0 aromatic carbocycles. The summed E-state index contributed by atoms with van der Waals surface area (Å²) in [6.07, 6.45) is 0.703. The molecule has 0 aliphatic heterocycles. The molecule has 0 radical (unpaired) electrons. The zero-order chi connectivity index (χ0) is 12.4. The summed E-state index contributed by atoms with van der Waals surface area (Å²) in [5.74, 6) is 0. The Labute approximate surface area is 89.6 Å². The van der Waals surface area contributed by atoms with Crippen LogP contribution >= 0.6 is 0 Å².